The van der Waals surface area contributed by atoms with Crippen LogP contribution in [0.3, 0.4) is 0 Å². The van der Waals surface area contributed by atoms with Gasteiger partial charge in [-0.1, -0.05) is 19.1 Å². The highest BCUT2D eigenvalue weighted by Gasteiger charge is 2.31. The molecule has 130 valence electrons. The zero-order chi connectivity index (χ0) is 16.9. The summed E-state index contributed by atoms with van der Waals surface area (Å²) in [5.74, 6) is 0.482. The molecular weight excluding hydrogens is 318 g/mol. The van der Waals surface area contributed by atoms with Crippen molar-refractivity contribution in [3.63, 3.8) is 0 Å². The van der Waals surface area contributed by atoms with Gasteiger partial charge in [0.1, 0.15) is 10.6 Å². The highest BCUT2D eigenvalue weighted by molar-refractivity contribution is 7.89. The lowest BCUT2D eigenvalue weighted by molar-refractivity contribution is -0.140. The Morgan fingerprint density at radius 1 is 1.22 bits per heavy atom. The Morgan fingerprint density at radius 2 is 1.91 bits per heavy atom. The van der Waals surface area contributed by atoms with Crippen LogP contribution in [0.2, 0.25) is 0 Å². The van der Waals surface area contributed by atoms with Gasteiger partial charge in [-0.3, -0.25) is 0 Å². The minimum absolute atomic E-state index is 0.157. The number of hydrogen-bond donors (Lipinski definition) is 0. The molecule has 0 fully saturated rings. The first kappa shape index (κ1) is 18.2. The van der Waals surface area contributed by atoms with E-state index < -0.39 is 16.3 Å². The van der Waals surface area contributed by atoms with E-state index >= 15 is 0 Å². The van der Waals surface area contributed by atoms with E-state index in [2.05, 4.69) is 0 Å². The molecule has 0 N–H and O–H groups in total. The van der Waals surface area contributed by atoms with Gasteiger partial charge in [0, 0.05) is 26.2 Å². The lowest BCUT2D eigenvalue weighted by atomic mass is 10.2. The van der Waals surface area contributed by atoms with Gasteiger partial charge in [-0.15, -0.1) is 0 Å². The first-order valence-corrected chi connectivity index (χ1v) is 9.46. The van der Waals surface area contributed by atoms with Crippen molar-refractivity contribution in [1.82, 2.24) is 4.31 Å². The Kier molecular flexibility index (Phi) is 6.41. The third kappa shape index (κ3) is 4.03. The fraction of sp³-hybridized carbons (Fsp3) is 0.625. The zero-order valence-electron chi connectivity index (χ0n) is 13.9. The van der Waals surface area contributed by atoms with Crippen LogP contribution in [0.25, 0.3) is 0 Å². The molecule has 23 heavy (non-hydrogen) atoms. The Labute approximate surface area is 138 Å². The van der Waals surface area contributed by atoms with Gasteiger partial charge >= 0.3 is 0 Å². The van der Waals surface area contributed by atoms with Crippen LogP contribution in [0.15, 0.2) is 23.1 Å². The highest BCUT2D eigenvalue weighted by atomic mass is 32.2. The summed E-state index contributed by atoms with van der Waals surface area (Å²) in [6, 6.07) is 5.26. The maximum absolute atomic E-state index is 13.0. The molecule has 1 heterocycles. The molecule has 0 aromatic heterocycles. The van der Waals surface area contributed by atoms with Crippen molar-refractivity contribution in [1.29, 1.82) is 0 Å². The molecule has 0 unspecified atom stereocenters. The van der Waals surface area contributed by atoms with Gasteiger partial charge in [0.25, 0.3) is 0 Å². The molecule has 1 aliphatic rings. The molecule has 7 heteroatoms. The number of sulfonamides is 1. The van der Waals surface area contributed by atoms with Crippen molar-refractivity contribution < 1.29 is 22.6 Å². The van der Waals surface area contributed by atoms with Crippen molar-refractivity contribution in [3.05, 3.63) is 23.8 Å². The molecule has 6 nitrogen and oxygen atoms in total. The van der Waals surface area contributed by atoms with Gasteiger partial charge in [-0.05, 0) is 25.5 Å². The summed E-state index contributed by atoms with van der Waals surface area (Å²) < 4.78 is 43.9. The minimum atomic E-state index is -3.66. The maximum Gasteiger partial charge on any atom is 0.246 e. The largest absolute Gasteiger partial charge is 0.492 e. The predicted octanol–water partition coefficient (Wildman–Crippen LogP) is 2.03. The highest BCUT2D eigenvalue weighted by Crippen LogP contribution is 2.34. The van der Waals surface area contributed by atoms with E-state index in [0.29, 0.717) is 32.1 Å². The van der Waals surface area contributed by atoms with Gasteiger partial charge in [0.15, 0.2) is 6.29 Å². The fourth-order valence-corrected chi connectivity index (χ4v) is 4.23. The smallest absolute Gasteiger partial charge is 0.246 e. The lowest BCUT2D eigenvalue weighted by Gasteiger charge is -2.26. The van der Waals surface area contributed by atoms with E-state index in [1.165, 1.54) is 4.31 Å². The van der Waals surface area contributed by atoms with Gasteiger partial charge in [-0.25, -0.2) is 8.42 Å². The van der Waals surface area contributed by atoms with Crippen LogP contribution >= 0.6 is 0 Å². The molecule has 0 bridgehead atoms. The number of nitrogens with zero attached hydrogens (tertiary/aromatic N) is 1. The predicted molar refractivity (Wildman–Crippen MR) is 87.1 cm³/mol. The van der Waals surface area contributed by atoms with Crippen molar-refractivity contribution in [2.75, 3.05) is 32.9 Å². The van der Waals surface area contributed by atoms with E-state index in [4.69, 9.17) is 14.2 Å². The standard InChI is InChI=1S/C16H25NO5S/c1-4-17(12-15(20-5-2)21-6-3)23(18,19)14-9-7-8-13-10-11-22-16(13)14/h7-9,15H,4-6,10-12H2,1-3H3. The Morgan fingerprint density at radius 3 is 2.52 bits per heavy atom. The number of benzene rings is 1. The van der Waals surface area contributed by atoms with E-state index in [9.17, 15) is 8.42 Å². The second-order valence-corrected chi connectivity index (χ2v) is 7.05. The Balaban J connectivity index is 2.27. The van der Waals surface area contributed by atoms with Crippen LogP contribution < -0.4 is 4.74 Å². The molecule has 1 aliphatic heterocycles. The van der Waals surface area contributed by atoms with Crippen LogP contribution in [0.1, 0.15) is 26.3 Å². The molecule has 0 aliphatic carbocycles. The summed E-state index contributed by atoms with van der Waals surface area (Å²) in [6.07, 6.45) is 0.170. The summed E-state index contributed by atoms with van der Waals surface area (Å²) in [5, 5.41) is 0. The van der Waals surface area contributed by atoms with Crippen molar-refractivity contribution in [2.24, 2.45) is 0 Å². The number of ether oxygens (including phenoxy) is 3. The van der Waals surface area contributed by atoms with E-state index in [-0.39, 0.29) is 11.4 Å². The van der Waals surface area contributed by atoms with E-state index in [1.54, 1.807) is 19.1 Å². The maximum atomic E-state index is 13.0. The average Bonchev–Trinajstić information content (AvgIpc) is 3.00. The first-order valence-electron chi connectivity index (χ1n) is 8.02. The zero-order valence-corrected chi connectivity index (χ0v) is 14.8. The monoisotopic (exact) mass is 343 g/mol. The van der Waals surface area contributed by atoms with Gasteiger partial charge in [0.05, 0.1) is 13.2 Å². The third-order valence-corrected chi connectivity index (χ3v) is 5.67. The molecule has 0 amide bonds. The van der Waals surface area contributed by atoms with Crippen LogP contribution in [-0.2, 0) is 25.9 Å². The molecule has 0 saturated heterocycles. The SMILES string of the molecule is CCOC(CN(CC)S(=O)(=O)c1cccc2c1OCC2)OCC. The topological polar surface area (TPSA) is 65.1 Å². The quantitative estimate of drug-likeness (QED) is 0.642. The Bertz CT molecular complexity index is 611. The third-order valence-electron chi connectivity index (χ3n) is 3.71. The summed E-state index contributed by atoms with van der Waals surface area (Å²) in [6.45, 7) is 7.46. The van der Waals surface area contributed by atoms with Crippen molar-refractivity contribution in [3.8, 4) is 5.75 Å². The minimum Gasteiger partial charge on any atom is -0.492 e. The summed E-state index contributed by atoms with van der Waals surface area (Å²) >= 11 is 0. The molecule has 0 radical (unpaired) electrons. The van der Waals surface area contributed by atoms with Crippen LogP contribution in [-0.4, -0.2) is 51.9 Å². The number of fused-ring (bicyclic) bond motifs is 1. The van der Waals surface area contributed by atoms with Crippen molar-refractivity contribution in [2.45, 2.75) is 38.4 Å². The molecular formula is C16H25NO5S. The first-order chi connectivity index (χ1) is 11.0. The second-order valence-electron chi connectivity index (χ2n) is 5.14. The van der Waals surface area contributed by atoms with Crippen LogP contribution in [0.5, 0.6) is 5.75 Å². The molecule has 0 atom stereocenters. The molecule has 1 aromatic carbocycles. The normalized spacial score (nSPS) is 14.3. The van der Waals surface area contributed by atoms with Gasteiger partial charge in [-0.2, -0.15) is 4.31 Å². The van der Waals surface area contributed by atoms with Gasteiger partial charge < -0.3 is 14.2 Å². The summed E-state index contributed by atoms with van der Waals surface area (Å²) in [4.78, 5) is 0.223. The van der Waals surface area contributed by atoms with Crippen LogP contribution in [0, 0.1) is 0 Å². The number of likely N-dealkylation sites (N-methyl/N-ethyl adjacent to an activating group) is 1. The molecule has 0 spiro atoms. The average molecular weight is 343 g/mol. The second kappa shape index (κ2) is 8.10. The van der Waals surface area contributed by atoms with E-state index in [1.807, 2.05) is 19.9 Å². The Hall–Kier alpha value is -1.15. The molecule has 1 aromatic rings. The van der Waals surface area contributed by atoms with Crippen molar-refractivity contribution >= 4 is 10.0 Å². The summed E-state index contributed by atoms with van der Waals surface area (Å²) in [5.41, 5.74) is 0.938. The lowest BCUT2D eigenvalue weighted by Crippen LogP contribution is -2.39. The summed E-state index contributed by atoms with van der Waals surface area (Å²) in [7, 11) is -3.66. The number of hydrogen-bond acceptors (Lipinski definition) is 5. The van der Waals surface area contributed by atoms with Crippen LogP contribution in [0.4, 0.5) is 0 Å². The van der Waals surface area contributed by atoms with Gasteiger partial charge in [0.2, 0.25) is 10.0 Å². The van der Waals surface area contributed by atoms with E-state index in [0.717, 1.165) is 12.0 Å². The molecule has 0 saturated carbocycles. The molecule has 2 rings (SSSR count). The number of rotatable bonds is 9. The number of para-hydroxylation sites is 1. The fourth-order valence-electron chi connectivity index (χ4n) is 2.62.